The monoisotopic (exact) mass is 238 g/mol. The molecule has 1 rings (SSSR count). The van der Waals surface area contributed by atoms with Crippen molar-refractivity contribution in [3.63, 3.8) is 0 Å². The van der Waals surface area contributed by atoms with E-state index in [9.17, 15) is 14.0 Å². The molecule has 0 saturated heterocycles. The molecule has 0 fully saturated rings. The fraction of sp³-hybridized carbons (Fsp3) is 0.333. The van der Waals surface area contributed by atoms with Gasteiger partial charge in [0, 0.05) is 6.54 Å². The zero-order valence-corrected chi connectivity index (χ0v) is 9.57. The number of nitrogens with one attached hydrogen (secondary N) is 1. The number of rotatable bonds is 5. The van der Waals surface area contributed by atoms with Crippen LogP contribution in [0.4, 0.5) is 4.39 Å². The first-order chi connectivity index (χ1) is 7.99. The lowest BCUT2D eigenvalue weighted by Crippen LogP contribution is -2.41. The van der Waals surface area contributed by atoms with E-state index < -0.39 is 6.04 Å². The standard InChI is InChI=1S/C12H15FN2O2/c1-8(16)11(14)7-15-12(17)6-9-3-2-4-10(13)5-9/h2-5,11H,6-7,14H2,1H3,(H,15,17)/t11-/m0/s1. The zero-order valence-electron chi connectivity index (χ0n) is 9.57. The lowest BCUT2D eigenvalue weighted by molar-refractivity contribution is -0.121. The highest BCUT2D eigenvalue weighted by Crippen LogP contribution is 2.03. The minimum Gasteiger partial charge on any atom is -0.354 e. The van der Waals surface area contributed by atoms with E-state index in [0.29, 0.717) is 5.56 Å². The van der Waals surface area contributed by atoms with Gasteiger partial charge in [-0.15, -0.1) is 0 Å². The molecule has 92 valence electrons. The summed E-state index contributed by atoms with van der Waals surface area (Å²) >= 11 is 0. The van der Waals surface area contributed by atoms with Crippen LogP contribution in [0.1, 0.15) is 12.5 Å². The van der Waals surface area contributed by atoms with Crippen LogP contribution in [0.15, 0.2) is 24.3 Å². The van der Waals surface area contributed by atoms with Gasteiger partial charge in [0.25, 0.3) is 0 Å². The van der Waals surface area contributed by atoms with Crippen LogP contribution in [0.5, 0.6) is 0 Å². The first-order valence-corrected chi connectivity index (χ1v) is 5.26. The van der Waals surface area contributed by atoms with Crippen molar-refractivity contribution in [3.8, 4) is 0 Å². The first kappa shape index (κ1) is 13.3. The van der Waals surface area contributed by atoms with E-state index in [0.717, 1.165) is 0 Å². The third-order valence-electron chi connectivity index (χ3n) is 2.30. The smallest absolute Gasteiger partial charge is 0.224 e. The Morgan fingerprint density at radius 3 is 2.76 bits per heavy atom. The van der Waals surface area contributed by atoms with Crippen LogP contribution in [0.25, 0.3) is 0 Å². The van der Waals surface area contributed by atoms with E-state index in [4.69, 9.17) is 5.73 Å². The summed E-state index contributed by atoms with van der Waals surface area (Å²) in [6.07, 6.45) is 0.0718. The molecule has 17 heavy (non-hydrogen) atoms. The predicted molar refractivity (Wildman–Crippen MR) is 61.8 cm³/mol. The molecule has 0 saturated carbocycles. The Balaban J connectivity index is 2.42. The predicted octanol–water partition coefficient (Wildman–Crippen LogP) is 0.401. The highest BCUT2D eigenvalue weighted by molar-refractivity contribution is 5.83. The van der Waals surface area contributed by atoms with E-state index in [1.54, 1.807) is 12.1 Å². The van der Waals surface area contributed by atoms with Crippen LogP contribution in [-0.4, -0.2) is 24.3 Å². The summed E-state index contributed by atoms with van der Waals surface area (Å²) in [6.45, 7) is 1.47. The van der Waals surface area contributed by atoms with Gasteiger partial charge in [0.1, 0.15) is 11.6 Å². The summed E-state index contributed by atoms with van der Waals surface area (Å²) in [5.41, 5.74) is 6.04. The maximum atomic E-state index is 12.8. The molecule has 1 aromatic carbocycles. The van der Waals surface area contributed by atoms with Crippen LogP contribution < -0.4 is 11.1 Å². The highest BCUT2D eigenvalue weighted by atomic mass is 19.1. The maximum Gasteiger partial charge on any atom is 0.224 e. The van der Waals surface area contributed by atoms with Gasteiger partial charge in [-0.3, -0.25) is 9.59 Å². The molecule has 1 amide bonds. The average Bonchev–Trinajstić information content (AvgIpc) is 2.25. The van der Waals surface area contributed by atoms with Gasteiger partial charge in [0.2, 0.25) is 5.91 Å². The summed E-state index contributed by atoms with van der Waals surface area (Å²) in [7, 11) is 0. The second kappa shape index (κ2) is 6.10. The minimum absolute atomic E-state index is 0.0718. The number of ketones is 1. The van der Waals surface area contributed by atoms with Crippen LogP contribution in [0.2, 0.25) is 0 Å². The molecule has 3 N–H and O–H groups in total. The SMILES string of the molecule is CC(=O)[C@@H](N)CNC(=O)Cc1cccc(F)c1. The van der Waals surface area contributed by atoms with Gasteiger partial charge in [-0.1, -0.05) is 12.1 Å². The number of amides is 1. The van der Waals surface area contributed by atoms with E-state index in [1.807, 2.05) is 0 Å². The maximum absolute atomic E-state index is 12.8. The second-order valence-electron chi connectivity index (χ2n) is 3.83. The van der Waals surface area contributed by atoms with E-state index in [-0.39, 0.29) is 30.5 Å². The quantitative estimate of drug-likeness (QED) is 0.780. The number of hydrogen-bond acceptors (Lipinski definition) is 3. The molecule has 5 heteroatoms. The van der Waals surface area contributed by atoms with Gasteiger partial charge in [-0.2, -0.15) is 0 Å². The molecule has 0 unspecified atom stereocenters. The van der Waals surface area contributed by atoms with Gasteiger partial charge in [0.05, 0.1) is 12.5 Å². The van der Waals surface area contributed by atoms with Crippen molar-refractivity contribution in [1.29, 1.82) is 0 Å². The highest BCUT2D eigenvalue weighted by Gasteiger charge is 2.10. The van der Waals surface area contributed by atoms with Crippen molar-refractivity contribution in [2.75, 3.05) is 6.54 Å². The number of nitrogens with two attached hydrogens (primary N) is 1. The molecule has 0 aromatic heterocycles. The van der Waals surface area contributed by atoms with Gasteiger partial charge >= 0.3 is 0 Å². The van der Waals surface area contributed by atoms with Crippen LogP contribution in [0.3, 0.4) is 0 Å². The molecular formula is C12H15FN2O2. The molecule has 0 radical (unpaired) electrons. The largest absolute Gasteiger partial charge is 0.354 e. The van der Waals surface area contributed by atoms with Crippen LogP contribution in [0, 0.1) is 5.82 Å². The summed E-state index contributed by atoms with van der Waals surface area (Å²) in [5, 5.41) is 2.52. The minimum atomic E-state index is -0.688. The third kappa shape index (κ3) is 4.74. The summed E-state index contributed by atoms with van der Waals surface area (Å²) < 4.78 is 12.8. The fourth-order valence-corrected chi connectivity index (χ4v) is 1.26. The Hall–Kier alpha value is -1.75. The molecule has 0 aliphatic carbocycles. The Bertz CT molecular complexity index is 421. The molecule has 1 atom stereocenters. The molecule has 4 nitrogen and oxygen atoms in total. The summed E-state index contributed by atoms with van der Waals surface area (Å²) in [6, 6.07) is 5.12. The summed E-state index contributed by atoms with van der Waals surface area (Å²) in [5.74, 6) is -0.848. The Morgan fingerprint density at radius 2 is 2.18 bits per heavy atom. The van der Waals surface area contributed by atoms with E-state index in [1.165, 1.54) is 19.1 Å². The molecular weight excluding hydrogens is 223 g/mol. The van der Waals surface area contributed by atoms with Crippen LogP contribution in [-0.2, 0) is 16.0 Å². The Labute approximate surface area is 99.0 Å². The average molecular weight is 238 g/mol. The van der Waals surface area contributed by atoms with Crippen molar-refractivity contribution < 1.29 is 14.0 Å². The molecule has 0 spiro atoms. The van der Waals surface area contributed by atoms with E-state index in [2.05, 4.69) is 5.32 Å². The van der Waals surface area contributed by atoms with Gasteiger partial charge in [-0.05, 0) is 24.6 Å². The van der Waals surface area contributed by atoms with Crippen molar-refractivity contribution in [2.24, 2.45) is 5.73 Å². The summed E-state index contributed by atoms with van der Waals surface area (Å²) in [4.78, 5) is 22.3. The topological polar surface area (TPSA) is 72.2 Å². The van der Waals surface area contributed by atoms with Crippen LogP contribution >= 0.6 is 0 Å². The number of halogens is 1. The van der Waals surface area contributed by atoms with Gasteiger partial charge < -0.3 is 11.1 Å². The number of carbonyl (C=O) groups is 2. The number of benzene rings is 1. The van der Waals surface area contributed by atoms with Crippen molar-refractivity contribution >= 4 is 11.7 Å². The lowest BCUT2D eigenvalue weighted by Gasteiger charge is -2.09. The Kier molecular flexibility index (Phi) is 4.78. The molecule has 0 heterocycles. The number of hydrogen-bond donors (Lipinski definition) is 2. The second-order valence-corrected chi connectivity index (χ2v) is 3.83. The van der Waals surface area contributed by atoms with Crippen molar-refractivity contribution in [3.05, 3.63) is 35.6 Å². The number of carbonyl (C=O) groups excluding carboxylic acids is 2. The normalized spacial score (nSPS) is 11.9. The lowest BCUT2D eigenvalue weighted by atomic mass is 10.1. The van der Waals surface area contributed by atoms with Gasteiger partial charge in [0.15, 0.2) is 0 Å². The molecule has 0 bridgehead atoms. The zero-order chi connectivity index (χ0) is 12.8. The first-order valence-electron chi connectivity index (χ1n) is 5.26. The van der Waals surface area contributed by atoms with Crippen molar-refractivity contribution in [1.82, 2.24) is 5.32 Å². The van der Waals surface area contributed by atoms with E-state index >= 15 is 0 Å². The number of Topliss-reactive ketones (excluding diaryl/α,β-unsaturated/α-hetero) is 1. The molecule has 1 aromatic rings. The third-order valence-corrected chi connectivity index (χ3v) is 2.30. The Morgan fingerprint density at radius 1 is 1.47 bits per heavy atom. The van der Waals surface area contributed by atoms with Crippen molar-refractivity contribution in [2.45, 2.75) is 19.4 Å². The fourth-order valence-electron chi connectivity index (χ4n) is 1.26. The molecule has 0 aliphatic rings. The van der Waals surface area contributed by atoms with Gasteiger partial charge in [-0.25, -0.2) is 4.39 Å². The molecule has 0 aliphatic heterocycles.